The maximum absolute atomic E-state index is 6.39. The van der Waals surface area contributed by atoms with Gasteiger partial charge in [0.15, 0.2) is 0 Å². The molecule has 112 valence electrons. The number of rotatable bonds is 5. The molecule has 0 bridgehead atoms. The minimum absolute atomic E-state index is 0.129. The van der Waals surface area contributed by atoms with Crippen molar-refractivity contribution in [3.8, 4) is 11.6 Å². The Balaban J connectivity index is 2.25. The van der Waals surface area contributed by atoms with E-state index in [1.165, 1.54) is 5.56 Å². The molecule has 0 aliphatic carbocycles. The van der Waals surface area contributed by atoms with Crippen molar-refractivity contribution in [1.29, 1.82) is 0 Å². The van der Waals surface area contributed by atoms with Crippen molar-refractivity contribution in [3.63, 3.8) is 0 Å². The molecule has 1 aromatic heterocycles. The molecule has 2 rings (SSSR count). The summed E-state index contributed by atoms with van der Waals surface area (Å²) in [5.41, 5.74) is 10.8. The summed E-state index contributed by atoms with van der Waals surface area (Å²) in [6.07, 6.45) is 2.51. The maximum Gasteiger partial charge on any atom is 0.212 e. The molecular formula is C17H22N2O2. The molecule has 2 N–H and O–H groups in total. The number of benzene rings is 1. The highest BCUT2D eigenvalue weighted by Crippen LogP contribution is 2.30. The van der Waals surface area contributed by atoms with Crippen molar-refractivity contribution < 1.29 is 9.47 Å². The fourth-order valence-corrected chi connectivity index (χ4v) is 2.59. The van der Waals surface area contributed by atoms with Crippen LogP contribution in [0, 0.1) is 13.8 Å². The van der Waals surface area contributed by atoms with Gasteiger partial charge in [0, 0.05) is 23.9 Å². The Kier molecular flexibility index (Phi) is 4.81. The van der Waals surface area contributed by atoms with Crippen LogP contribution >= 0.6 is 0 Å². The number of nitrogens with two attached hydrogens (primary N) is 1. The third-order valence-corrected chi connectivity index (χ3v) is 3.55. The molecule has 0 spiro atoms. The van der Waals surface area contributed by atoms with E-state index in [1.807, 2.05) is 18.2 Å². The first-order chi connectivity index (χ1) is 10.0. The van der Waals surface area contributed by atoms with E-state index < -0.39 is 0 Å². The van der Waals surface area contributed by atoms with Crippen LogP contribution in [0.3, 0.4) is 0 Å². The third-order valence-electron chi connectivity index (χ3n) is 3.55. The smallest absolute Gasteiger partial charge is 0.212 e. The Hall–Kier alpha value is -2.07. The summed E-state index contributed by atoms with van der Waals surface area (Å²) < 4.78 is 10.6. The van der Waals surface area contributed by atoms with Crippen LogP contribution in [-0.4, -0.2) is 19.2 Å². The van der Waals surface area contributed by atoms with E-state index in [-0.39, 0.29) is 6.04 Å². The second-order valence-electron chi connectivity index (χ2n) is 5.22. The molecule has 4 heteroatoms. The highest BCUT2D eigenvalue weighted by Gasteiger charge is 2.16. The fraction of sp³-hybridized carbons (Fsp3) is 0.353. The molecule has 1 atom stereocenters. The Morgan fingerprint density at radius 3 is 2.48 bits per heavy atom. The Morgan fingerprint density at radius 2 is 1.90 bits per heavy atom. The zero-order valence-electron chi connectivity index (χ0n) is 13.0. The Bertz CT molecular complexity index is 609. The molecule has 4 nitrogen and oxygen atoms in total. The predicted octanol–water partition coefficient (Wildman–Crippen LogP) is 2.96. The lowest BCUT2D eigenvalue weighted by Gasteiger charge is -2.19. The second-order valence-corrected chi connectivity index (χ2v) is 5.22. The van der Waals surface area contributed by atoms with Gasteiger partial charge >= 0.3 is 0 Å². The van der Waals surface area contributed by atoms with Crippen molar-refractivity contribution in [2.75, 3.05) is 14.2 Å². The summed E-state index contributed by atoms with van der Waals surface area (Å²) in [5.74, 6) is 1.46. The molecule has 21 heavy (non-hydrogen) atoms. The monoisotopic (exact) mass is 286 g/mol. The molecule has 0 radical (unpaired) electrons. The van der Waals surface area contributed by atoms with Gasteiger partial charge in [0.25, 0.3) is 0 Å². The van der Waals surface area contributed by atoms with Gasteiger partial charge in [-0.2, -0.15) is 0 Å². The first-order valence-corrected chi connectivity index (χ1v) is 6.94. The largest absolute Gasteiger partial charge is 0.496 e. The zero-order chi connectivity index (χ0) is 15.4. The first kappa shape index (κ1) is 15.3. The average molecular weight is 286 g/mol. The quantitative estimate of drug-likeness (QED) is 0.918. The lowest BCUT2D eigenvalue weighted by Crippen LogP contribution is -2.16. The van der Waals surface area contributed by atoms with Crippen LogP contribution in [0.4, 0.5) is 0 Å². The fourth-order valence-electron chi connectivity index (χ4n) is 2.59. The number of pyridine rings is 1. The Morgan fingerprint density at radius 1 is 1.14 bits per heavy atom. The van der Waals surface area contributed by atoms with E-state index in [1.54, 1.807) is 20.4 Å². The number of aromatic nitrogens is 1. The summed E-state index contributed by atoms with van der Waals surface area (Å²) in [4.78, 5) is 4.21. The van der Waals surface area contributed by atoms with Crippen LogP contribution in [0.25, 0.3) is 0 Å². The number of aryl methyl sites for hydroxylation is 2. The average Bonchev–Trinajstić information content (AvgIpc) is 2.46. The lowest BCUT2D eigenvalue weighted by atomic mass is 9.94. The van der Waals surface area contributed by atoms with Crippen LogP contribution in [0.5, 0.6) is 11.6 Å². The topological polar surface area (TPSA) is 57.4 Å². The molecule has 2 aromatic rings. The normalized spacial score (nSPS) is 12.0. The Labute approximate surface area is 125 Å². The molecule has 1 aromatic carbocycles. The van der Waals surface area contributed by atoms with Crippen molar-refractivity contribution in [1.82, 2.24) is 4.98 Å². The summed E-state index contributed by atoms with van der Waals surface area (Å²) in [7, 11) is 3.29. The number of hydrogen-bond acceptors (Lipinski definition) is 4. The number of hydrogen-bond donors (Lipinski definition) is 1. The molecule has 0 saturated heterocycles. The van der Waals surface area contributed by atoms with Gasteiger partial charge in [-0.05, 0) is 43.0 Å². The van der Waals surface area contributed by atoms with Gasteiger partial charge in [0.2, 0.25) is 5.88 Å². The molecule has 0 fully saturated rings. The van der Waals surface area contributed by atoms with Gasteiger partial charge in [0.05, 0.1) is 14.2 Å². The van der Waals surface area contributed by atoms with Gasteiger partial charge in [-0.1, -0.05) is 12.1 Å². The molecule has 0 aliphatic heterocycles. The molecule has 0 saturated carbocycles. The van der Waals surface area contributed by atoms with Gasteiger partial charge in [-0.25, -0.2) is 4.98 Å². The van der Waals surface area contributed by atoms with Crippen LogP contribution in [0.2, 0.25) is 0 Å². The highest BCUT2D eigenvalue weighted by atomic mass is 16.5. The number of nitrogens with zero attached hydrogens (tertiary/aromatic N) is 1. The van der Waals surface area contributed by atoms with Gasteiger partial charge in [-0.15, -0.1) is 0 Å². The summed E-state index contributed by atoms with van der Waals surface area (Å²) >= 11 is 0. The van der Waals surface area contributed by atoms with Gasteiger partial charge in [0.1, 0.15) is 5.75 Å². The van der Waals surface area contributed by atoms with Gasteiger partial charge < -0.3 is 15.2 Å². The minimum Gasteiger partial charge on any atom is -0.496 e. The third kappa shape index (κ3) is 3.52. The van der Waals surface area contributed by atoms with E-state index in [0.717, 1.165) is 22.4 Å². The molecule has 1 unspecified atom stereocenters. The van der Waals surface area contributed by atoms with E-state index in [0.29, 0.717) is 12.3 Å². The standard InChI is InChI=1S/C17H22N2O2/c1-11-7-12(2)17(15(8-11)20-3)14(18)9-13-5-6-16(21-4)19-10-13/h5-8,10,14H,9,18H2,1-4H3. The summed E-state index contributed by atoms with van der Waals surface area (Å²) in [5, 5.41) is 0. The van der Waals surface area contributed by atoms with E-state index in [9.17, 15) is 0 Å². The minimum atomic E-state index is -0.129. The van der Waals surface area contributed by atoms with Crippen LogP contribution in [0.15, 0.2) is 30.5 Å². The van der Waals surface area contributed by atoms with E-state index in [4.69, 9.17) is 15.2 Å². The van der Waals surface area contributed by atoms with Crippen LogP contribution in [-0.2, 0) is 6.42 Å². The van der Waals surface area contributed by atoms with Crippen molar-refractivity contribution in [2.24, 2.45) is 5.73 Å². The predicted molar refractivity (Wildman–Crippen MR) is 83.9 cm³/mol. The van der Waals surface area contributed by atoms with Crippen molar-refractivity contribution in [2.45, 2.75) is 26.3 Å². The second kappa shape index (κ2) is 6.59. The lowest BCUT2D eigenvalue weighted by molar-refractivity contribution is 0.397. The molecular weight excluding hydrogens is 264 g/mol. The number of methoxy groups -OCH3 is 2. The van der Waals surface area contributed by atoms with Gasteiger partial charge in [-0.3, -0.25) is 0 Å². The molecule has 0 amide bonds. The zero-order valence-corrected chi connectivity index (χ0v) is 13.0. The molecule has 0 aliphatic rings. The van der Waals surface area contributed by atoms with Crippen molar-refractivity contribution in [3.05, 3.63) is 52.7 Å². The van der Waals surface area contributed by atoms with E-state index >= 15 is 0 Å². The molecule has 1 heterocycles. The van der Waals surface area contributed by atoms with E-state index in [2.05, 4.69) is 24.9 Å². The summed E-state index contributed by atoms with van der Waals surface area (Å²) in [6, 6.07) is 7.86. The first-order valence-electron chi connectivity index (χ1n) is 6.94. The number of ether oxygens (including phenoxy) is 2. The maximum atomic E-state index is 6.39. The van der Waals surface area contributed by atoms with Crippen molar-refractivity contribution >= 4 is 0 Å². The van der Waals surface area contributed by atoms with Crippen LogP contribution in [0.1, 0.15) is 28.3 Å². The summed E-state index contributed by atoms with van der Waals surface area (Å²) in [6.45, 7) is 4.12. The highest BCUT2D eigenvalue weighted by molar-refractivity contribution is 5.45. The van der Waals surface area contributed by atoms with Crippen LogP contribution < -0.4 is 15.2 Å². The SMILES string of the molecule is COc1ccc(CC(N)c2c(C)cc(C)cc2OC)cn1.